The van der Waals surface area contributed by atoms with E-state index in [9.17, 15) is 9.90 Å². The van der Waals surface area contributed by atoms with Crippen LogP contribution in [0.25, 0.3) is 26.8 Å². The molecule has 0 fully saturated rings. The quantitative estimate of drug-likeness (QED) is 0.352. The van der Waals surface area contributed by atoms with Crippen molar-refractivity contribution in [3.05, 3.63) is 82.4 Å². The molecule has 1 N–H and O–H groups in total. The number of ether oxygens (including phenoxy) is 2. The second-order valence-corrected chi connectivity index (χ2v) is 9.61. The molecule has 2 aromatic heterocycles. The fourth-order valence-electron chi connectivity index (χ4n) is 4.44. The molecule has 6 rings (SSSR count). The van der Waals surface area contributed by atoms with Gasteiger partial charge in [0.05, 0.1) is 29.1 Å². The zero-order valence-electron chi connectivity index (χ0n) is 18.7. The molecule has 0 saturated carbocycles. The molecule has 0 radical (unpaired) electrons. The van der Waals surface area contributed by atoms with Crippen molar-refractivity contribution in [1.82, 2.24) is 18.3 Å². The van der Waals surface area contributed by atoms with Crippen molar-refractivity contribution in [2.45, 2.75) is 19.1 Å². The van der Waals surface area contributed by atoms with E-state index < -0.39 is 11.8 Å². The summed E-state index contributed by atoms with van der Waals surface area (Å²) >= 11 is 2.40. The van der Waals surface area contributed by atoms with E-state index >= 15 is 0 Å². The molecule has 0 bridgehead atoms. The van der Waals surface area contributed by atoms with Gasteiger partial charge >= 0.3 is 5.97 Å². The number of fused-ring (bicyclic) bond motifs is 2. The molecule has 0 saturated heterocycles. The third-order valence-electron chi connectivity index (χ3n) is 6.18. The van der Waals surface area contributed by atoms with Gasteiger partial charge in [-0.3, -0.25) is 0 Å². The third-order valence-corrected chi connectivity index (χ3v) is 7.42. The molecule has 3 aromatic carbocycles. The van der Waals surface area contributed by atoms with Crippen LogP contribution in [0.4, 0.5) is 0 Å². The van der Waals surface area contributed by atoms with Crippen LogP contribution in [0.1, 0.15) is 22.3 Å². The molecule has 3 heterocycles. The molecule has 35 heavy (non-hydrogen) atoms. The molecule has 10 heteroatoms. The van der Waals surface area contributed by atoms with Gasteiger partial charge in [0.1, 0.15) is 22.3 Å². The number of methoxy groups -OCH3 is 1. The van der Waals surface area contributed by atoms with Crippen LogP contribution in [0.2, 0.25) is 0 Å². The molecular formula is C25H18N4O4S2. The lowest BCUT2D eigenvalue weighted by molar-refractivity contribution is -0.185. The van der Waals surface area contributed by atoms with E-state index in [1.165, 1.54) is 11.5 Å². The summed E-state index contributed by atoms with van der Waals surface area (Å²) in [6.45, 7) is 1.88. The summed E-state index contributed by atoms with van der Waals surface area (Å²) in [6, 6.07) is 16.5. The Kier molecular flexibility index (Phi) is 5.10. The Balaban J connectivity index is 1.55. The van der Waals surface area contributed by atoms with E-state index in [1.54, 1.807) is 31.4 Å². The highest BCUT2D eigenvalue weighted by Crippen LogP contribution is 2.45. The van der Waals surface area contributed by atoms with Crippen LogP contribution >= 0.6 is 23.3 Å². The third kappa shape index (κ3) is 3.57. The van der Waals surface area contributed by atoms with Gasteiger partial charge in [-0.05, 0) is 77.6 Å². The van der Waals surface area contributed by atoms with E-state index in [0.29, 0.717) is 33.5 Å². The normalized spacial score (nSPS) is 18.0. The van der Waals surface area contributed by atoms with Crippen molar-refractivity contribution >= 4 is 56.1 Å². The van der Waals surface area contributed by atoms with Crippen LogP contribution in [-0.4, -0.2) is 36.5 Å². The standard InChI is InChI=1S/C25H18N4O4S2/c1-13-9-16(5-8-21(13)32-2)25(31)17(10-14-3-6-19-22(11-14)34-29-26-19)23(24(30)33-25)15-4-7-18-20(12-15)28-35-27-18/h3-9,11-12,31H,10H2,1-2H3. The minimum absolute atomic E-state index is 0.282. The maximum atomic E-state index is 13.3. The molecule has 0 amide bonds. The number of hydrogen-bond acceptors (Lipinski definition) is 10. The number of aryl methyl sites for hydroxylation is 1. The summed E-state index contributed by atoms with van der Waals surface area (Å²) in [6.07, 6.45) is 0.282. The summed E-state index contributed by atoms with van der Waals surface area (Å²) < 4.78 is 24.6. The molecule has 0 aliphatic carbocycles. The number of benzene rings is 3. The Bertz CT molecular complexity index is 1660. The summed E-state index contributed by atoms with van der Waals surface area (Å²) in [5.41, 5.74) is 5.78. The van der Waals surface area contributed by atoms with E-state index in [2.05, 4.69) is 18.3 Å². The monoisotopic (exact) mass is 502 g/mol. The second kappa shape index (κ2) is 8.19. The first-order valence-electron chi connectivity index (χ1n) is 10.7. The summed E-state index contributed by atoms with van der Waals surface area (Å²) in [5, 5.41) is 16.0. The van der Waals surface area contributed by atoms with Gasteiger partial charge in [-0.25, -0.2) is 4.79 Å². The molecule has 5 aromatic rings. The van der Waals surface area contributed by atoms with Gasteiger partial charge in [0.15, 0.2) is 0 Å². The zero-order valence-corrected chi connectivity index (χ0v) is 20.3. The molecule has 174 valence electrons. The predicted octanol–water partition coefficient (Wildman–Crippen LogP) is 4.41. The first-order chi connectivity index (χ1) is 17.0. The number of cyclic esters (lactones) is 1. The Morgan fingerprint density at radius 3 is 2.69 bits per heavy atom. The van der Waals surface area contributed by atoms with E-state index in [-0.39, 0.29) is 6.42 Å². The van der Waals surface area contributed by atoms with Crippen LogP contribution in [-0.2, 0) is 21.7 Å². The van der Waals surface area contributed by atoms with E-state index in [0.717, 1.165) is 38.6 Å². The van der Waals surface area contributed by atoms with Gasteiger partial charge in [0.25, 0.3) is 5.79 Å². The molecule has 1 aliphatic heterocycles. The highest BCUT2D eigenvalue weighted by molar-refractivity contribution is 7.12. The fraction of sp³-hybridized carbons (Fsp3) is 0.160. The first-order valence-corrected chi connectivity index (χ1v) is 12.2. The van der Waals surface area contributed by atoms with Crippen molar-refractivity contribution in [3.8, 4) is 5.75 Å². The number of carbonyl (C=O) groups is 1. The molecule has 1 atom stereocenters. The smallest absolute Gasteiger partial charge is 0.342 e. The van der Waals surface area contributed by atoms with Gasteiger partial charge in [-0.2, -0.15) is 8.75 Å². The average Bonchev–Trinajstić information content (AvgIpc) is 3.57. The Hall–Kier alpha value is -3.73. The number of aliphatic hydroxyl groups is 1. The summed E-state index contributed by atoms with van der Waals surface area (Å²) in [4.78, 5) is 13.3. The van der Waals surface area contributed by atoms with Crippen LogP contribution in [0.3, 0.4) is 0 Å². The van der Waals surface area contributed by atoms with Crippen molar-refractivity contribution < 1.29 is 19.4 Å². The largest absolute Gasteiger partial charge is 0.496 e. The highest BCUT2D eigenvalue weighted by Gasteiger charge is 2.48. The molecule has 1 aliphatic rings. The maximum Gasteiger partial charge on any atom is 0.342 e. The average molecular weight is 503 g/mol. The number of hydrogen-bond donors (Lipinski definition) is 1. The Morgan fingerprint density at radius 1 is 1.03 bits per heavy atom. The van der Waals surface area contributed by atoms with Gasteiger partial charge in [-0.1, -0.05) is 16.6 Å². The van der Waals surface area contributed by atoms with E-state index in [1.807, 2.05) is 37.3 Å². The number of aromatic nitrogens is 4. The number of rotatable bonds is 5. The second-order valence-electron chi connectivity index (χ2n) is 8.29. The van der Waals surface area contributed by atoms with Gasteiger partial charge in [0, 0.05) is 17.6 Å². The SMILES string of the molecule is COc1ccc(C2(O)OC(=O)C(c3ccc4nsnc4c3)=C2Cc2ccc3nnsc3c2)cc1C. The van der Waals surface area contributed by atoms with Crippen molar-refractivity contribution in [3.63, 3.8) is 0 Å². The lowest BCUT2D eigenvalue weighted by Gasteiger charge is -2.26. The lowest BCUT2D eigenvalue weighted by atomic mass is 9.87. The summed E-state index contributed by atoms with van der Waals surface area (Å²) in [7, 11) is 1.59. The van der Waals surface area contributed by atoms with Gasteiger partial charge in [0.2, 0.25) is 0 Å². The molecule has 8 nitrogen and oxygen atoms in total. The van der Waals surface area contributed by atoms with Gasteiger partial charge in [-0.15, -0.1) is 5.10 Å². The van der Waals surface area contributed by atoms with E-state index in [4.69, 9.17) is 9.47 Å². The van der Waals surface area contributed by atoms with Crippen molar-refractivity contribution in [1.29, 1.82) is 0 Å². The molecule has 0 spiro atoms. The topological polar surface area (TPSA) is 107 Å². The lowest BCUT2D eigenvalue weighted by Crippen LogP contribution is -2.30. The summed E-state index contributed by atoms with van der Waals surface area (Å²) in [5.74, 6) is -1.87. The number of carbonyl (C=O) groups excluding carboxylic acids is 1. The maximum absolute atomic E-state index is 13.3. The highest BCUT2D eigenvalue weighted by atomic mass is 32.1. The number of esters is 1. The molecule has 1 unspecified atom stereocenters. The fourth-order valence-corrected chi connectivity index (χ4v) is 5.58. The predicted molar refractivity (Wildman–Crippen MR) is 133 cm³/mol. The Morgan fingerprint density at radius 2 is 1.86 bits per heavy atom. The minimum atomic E-state index is -1.94. The minimum Gasteiger partial charge on any atom is -0.496 e. The van der Waals surface area contributed by atoms with Gasteiger partial charge < -0.3 is 14.6 Å². The Labute approximate surface area is 208 Å². The van der Waals surface area contributed by atoms with Crippen LogP contribution in [0.15, 0.2) is 60.2 Å². The van der Waals surface area contributed by atoms with Crippen molar-refractivity contribution in [2.75, 3.05) is 7.11 Å². The van der Waals surface area contributed by atoms with Crippen molar-refractivity contribution in [2.24, 2.45) is 0 Å². The number of nitrogens with zero attached hydrogens (tertiary/aromatic N) is 4. The van der Waals surface area contributed by atoms with Crippen LogP contribution in [0, 0.1) is 6.92 Å². The van der Waals surface area contributed by atoms with Crippen LogP contribution < -0.4 is 4.74 Å². The molecular weight excluding hydrogens is 484 g/mol. The first kappa shape index (κ1) is 21.8. The van der Waals surface area contributed by atoms with Crippen LogP contribution in [0.5, 0.6) is 5.75 Å². The zero-order chi connectivity index (χ0) is 24.2.